The van der Waals surface area contributed by atoms with E-state index in [2.05, 4.69) is 72.2 Å². The lowest BCUT2D eigenvalue weighted by Crippen LogP contribution is -2.42. The van der Waals surface area contributed by atoms with Gasteiger partial charge in [0.1, 0.15) is 0 Å². The number of nitrogens with zero attached hydrogens (tertiary/aromatic N) is 3. The molecular formula is C26H31ClN4S. The summed E-state index contributed by atoms with van der Waals surface area (Å²) in [5, 5.41) is 5.21. The van der Waals surface area contributed by atoms with Crippen LogP contribution in [0.5, 0.6) is 0 Å². The molecule has 2 fully saturated rings. The van der Waals surface area contributed by atoms with Gasteiger partial charge in [-0.25, -0.2) is 0 Å². The second-order valence-electron chi connectivity index (χ2n) is 9.90. The molecule has 0 spiro atoms. The largest absolute Gasteiger partial charge is 0.365 e. The summed E-state index contributed by atoms with van der Waals surface area (Å²) in [4.78, 5) is 9.42. The first-order valence-corrected chi connectivity index (χ1v) is 12.3. The predicted octanol–water partition coefficient (Wildman–Crippen LogP) is 6.28. The van der Waals surface area contributed by atoms with E-state index >= 15 is 0 Å². The lowest BCUT2D eigenvalue weighted by molar-refractivity contribution is 0.245. The summed E-state index contributed by atoms with van der Waals surface area (Å²) in [6.07, 6.45) is 9.05. The molecule has 0 unspecified atom stereocenters. The SMILES string of the molecule is CC1=CC(C)(C)N(C)c2cc(Cl)c([C@H]3[C@H](c4ccccn4)NC(=S)N3C3CCCC3)cc21. The average molecular weight is 467 g/mol. The van der Waals surface area contributed by atoms with Crippen molar-refractivity contribution in [3.05, 3.63) is 64.4 Å². The fourth-order valence-electron chi connectivity index (χ4n) is 5.69. The molecule has 1 aromatic carbocycles. The van der Waals surface area contributed by atoms with Gasteiger partial charge in [0.2, 0.25) is 0 Å². The van der Waals surface area contributed by atoms with Gasteiger partial charge in [0.05, 0.1) is 23.3 Å². The van der Waals surface area contributed by atoms with Crippen LogP contribution >= 0.6 is 23.8 Å². The van der Waals surface area contributed by atoms with Gasteiger partial charge in [-0.1, -0.05) is 36.6 Å². The maximum Gasteiger partial charge on any atom is 0.170 e. The van der Waals surface area contributed by atoms with E-state index in [0.29, 0.717) is 6.04 Å². The Morgan fingerprint density at radius 3 is 2.62 bits per heavy atom. The fraction of sp³-hybridized carbons (Fsp3) is 0.462. The van der Waals surface area contributed by atoms with Crippen LogP contribution in [0.25, 0.3) is 5.57 Å². The van der Waals surface area contributed by atoms with E-state index in [9.17, 15) is 0 Å². The number of anilines is 1. The lowest BCUT2D eigenvalue weighted by Gasteiger charge is -2.41. The molecule has 2 atom stereocenters. The zero-order valence-electron chi connectivity index (χ0n) is 19.2. The Bertz CT molecular complexity index is 1070. The van der Waals surface area contributed by atoms with Crippen LogP contribution in [0.15, 0.2) is 42.6 Å². The zero-order chi connectivity index (χ0) is 22.6. The minimum Gasteiger partial charge on any atom is -0.365 e. The van der Waals surface area contributed by atoms with Gasteiger partial charge >= 0.3 is 0 Å². The highest BCUT2D eigenvalue weighted by Gasteiger charge is 2.45. The van der Waals surface area contributed by atoms with E-state index in [1.807, 2.05) is 18.3 Å². The van der Waals surface area contributed by atoms with Gasteiger partial charge in [-0.05, 0) is 81.2 Å². The summed E-state index contributed by atoms with van der Waals surface area (Å²) in [7, 11) is 2.14. The number of allylic oxidation sites excluding steroid dienone is 1. The summed E-state index contributed by atoms with van der Waals surface area (Å²) >= 11 is 12.9. The number of hydrogen-bond donors (Lipinski definition) is 1. The molecule has 0 radical (unpaired) electrons. The van der Waals surface area contributed by atoms with Crippen LogP contribution in [0.1, 0.15) is 75.4 Å². The molecule has 1 aromatic heterocycles. The van der Waals surface area contributed by atoms with Gasteiger partial charge in [0.15, 0.2) is 5.11 Å². The van der Waals surface area contributed by atoms with Crippen molar-refractivity contribution in [3.63, 3.8) is 0 Å². The molecule has 5 rings (SSSR count). The topological polar surface area (TPSA) is 31.4 Å². The maximum absolute atomic E-state index is 7.06. The Balaban J connectivity index is 1.66. The van der Waals surface area contributed by atoms with Crippen molar-refractivity contribution in [1.29, 1.82) is 0 Å². The molecule has 6 heteroatoms. The van der Waals surface area contributed by atoms with Crippen molar-refractivity contribution in [2.24, 2.45) is 0 Å². The Morgan fingerprint density at radius 2 is 1.94 bits per heavy atom. The van der Waals surface area contributed by atoms with Gasteiger partial charge in [-0.3, -0.25) is 4.98 Å². The number of thiocarbonyl (C=S) groups is 1. The molecule has 4 nitrogen and oxygen atoms in total. The minimum atomic E-state index is -0.0508. The van der Waals surface area contributed by atoms with E-state index in [4.69, 9.17) is 23.8 Å². The van der Waals surface area contributed by atoms with Crippen LogP contribution < -0.4 is 10.2 Å². The molecule has 1 saturated heterocycles. The highest BCUT2D eigenvalue weighted by molar-refractivity contribution is 7.80. The summed E-state index contributed by atoms with van der Waals surface area (Å²) in [6.45, 7) is 6.67. The number of rotatable bonds is 3. The molecule has 1 saturated carbocycles. The average Bonchev–Trinajstić information content (AvgIpc) is 3.40. The van der Waals surface area contributed by atoms with E-state index < -0.39 is 0 Å². The number of fused-ring (bicyclic) bond motifs is 1. The highest BCUT2D eigenvalue weighted by Crippen LogP contribution is 2.48. The number of halogens is 1. The Hall–Kier alpha value is -2.11. The second-order valence-corrected chi connectivity index (χ2v) is 10.7. The van der Waals surface area contributed by atoms with Crippen molar-refractivity contribution in [2.45, 2.75) is 70.1 Å². The van der Waals surface area contributed by atoms with Crippen molar-refractivity contribution in [2.75, 3.05) is 11.9 Å². The van der Waals surface area contributed by atoms with E-state index in [1.54, 1.807) is 0 Å². The van der Waals surface area contributed by atoms with E-state index in [-0.39, 0.29) is 17.6 Å². The number of nitrogens with one attached hydrogen (secondary N) is 1. The normalized spacial score (nSPS) is 25.0. The van der Waals surface area contributed by atoms with Crippen LogP contribution in [0.3, 0.4) is 0 Å². The third kappa shape index (κ3) is 3.50. The van der Waals surface area contributed by atoms with Gasteiger partial charge in [-0.2, -0.15) is 0 Å². The Labute approximate surface area is 201 Å². The molecule has 2 aromatic rings. The summed E-state index contributed by atoms with van der Waals surface area (Å²) < 4.78 is 0. The number of hydrogen-bond acceptors (Lipinski definition) is 3. The summed E-state index contributed by atoms with van der Waals surface area (Å²) in [5.74, 6) is 0. The third-order valence-corrected chi connectivity index (χ3v) is 8.16. The van der Waals surface area contributed by atoms with Crippen molar-refractivity contribution in [3.8, 4) is 0 Å². The first kappa shape index (κ1) is 21.7. The van der Waals surface area contributed by atoms with Crippen LogP contribution in [0, 0.1) is 0 Å². The van der Waals surface area contributed by atoms with Gasteiger partial charge in [0.25, 0.3) is 0 Å². The summed E-state index contributed by atoms with van der Waals surface area (Å²) in [6, 6.07) is 11.0. The standard InChI is InChI=1S/C26H31ClN4S/c1-16-15-26(2,3)30(4)22-14-20(27)19(13-18(16)22)24-23(21-11-7-8-12-28-21)29-25(32)31(24)17-9-5-6-10-17/h7-8,11-15,17,23-24H,5-6,9-10H2,1-4H3,(H,29,32)/t23-,24-/m0/s1. The molecule has 32 heavy (non-hydrogen) atoms. The van der Waals surface area contributed by atoms with Gasteiger partial charge in [-0.15, -0.1) is 0 Å². The van der Waals surface area contributed by atoms with Crippen LogP contribution in [0.4, 0.5) is 5.69 Å². The predicted molar refractivity (Wildman–Crippen MR) is 137 cm³/mol. The Morgan fingerprint density at radius 1 is 1.19 bits per heavy atom. The first-order chi connectivity index (χ1) is 15.3. The van der Waals surface area contributed by atoms with Crippen molar-refractivity contribution in [1.82, 2.24) is 15.2 Å². The minimum absolute atomic E-state index is 0.0198. The number of aromatic nitrogens is 1. The van der Waals surface area contributed by atoms with Crippen LogP contribution in [-0.4, -0.2) is 33.6 Å². The number of pyridine rings is 1. The van der Waals surface area contributed by atoms with E-state index in [1.165, 1.54) is 42.5 Å². The van der Waals surface area contributed by atoms with Crippen molar-refractivity contribution < 1.29 is 0 Å². The van der Waals surface area contributed by atoms with Gasteiger partial charge < -0.3 is 15.1 Å². The fourth-order valence-corrected chi connectivity index (χ4v) is 6.35. The monoisotopic (exact) mass is 466 g/mol. The number of likely N-dealkylation sites (N-methyl/N-ethyl adjacent to an activating group) is 1. The van der Waals surface area contributed by atoms with Crippen LogP contribution in [-0.2, 0) is 0 Å². The van der Waals surface area contributed by atoms with Gasteiger partial charge in [0, 0.05) is 35.6 Å². The number of benzene rings is 1. The third-order valence-electron chi connectivity index (χ3n) is 7.51. The maximum atomic E-state index is 7.06. The first-order valence-electron chi connectivity index (χ1n) is 11.5. The molecule has 2 aliphatic heterocycles. The molecule has 0 amide bonds. The molecule has 1 aliphatic carbocycles. The zero-order valence-corrected chi connectivity index (χ0v) is 20.8. The molecule has 3 heterocycles. The highest BCUT2D eigenvalue weighted by atomic mass is 35.5. The second kappa shape index (κ2) is 8.03. The smallest absolute Gasteiger partial charge is 0.170 e. The van der Waals surface area contributed by atoms with Crippen LogP contribution in [0.2, 0.25) is 5.02 Å². The molecule has 1 N–H and O–H groups in total. The quantitative estimate of drug-likeness (QED) is 0.538. The molecule has 168 valence electrons. The molecule has 0 bridgehead atoms. The lowest BCUT2D eigenvalue weighted by atomic mass is 9.86. The summed E-state index contributed by atoms with van der Waals surface area (Å²) in [5.41, 5.74) is 5.79. The van der Waals surface area contributed by atoms with Crippen molar-refractivity contribution >= 4 is 40.2 Å². The molecular weight excluding hydrogens is 436 g/mol. The molecule has 3 aliphatic rings. The van der Waals surface area contributed by atoms with E-state index in [0.717, 1.165) is 21.4 Å². The Kier molecular flexibility index (Phi) is 5.45.